The van der Waals surface area contributed by atoms with E-state index in [1.807, 2.05) is 6.08 Å². The summed E-state index contributed by atoms with van der Waals surface area (Å²) in [7, 11) is 0. The van der Waals surface area contributed by atoms with E-state index in [2.05, 4.69) is 136 Å². The molecule has 0 aromatic carbocycles. The predicted molar refractivity (Wildman–Crippen MR) is 293 cm³/mol. The Morgan fingerprint density at radius 3 is 0.985 bits per heavy atom. The second-order valence-electron chi connectivity index (χ2n) is 17.7. The van der Waals surface area contributed by atoms with E-state index in [1.54, 1.807) is 0 Å². The summed E-state index contributed by atoms with van der Waals surface area (Å²) >= 11 is 0. The molecule has 0 aromatic heterocycles. The second kappa shape index (κ2) is 55.4. The van der Waals surface area contributed by atoms with Crippen LogP contribution >= 0.6 is 0 Å². The van der Waals surface area contributed by atoms with Gasteiger partial charge in [-0.2, -0.15) is 0 Å². The van der Waals surface area contributed by atoms with Gasteiger partial charge in [0.25, 0.3) is 0 Å². The Hall–Kier alpha value is -4.19. The Labute approximate surface area is 418 Å². The maximum Gasteiger partial charge on any atom is 0.306 e. The SMILES string of the molecule is CC/C=C\C/C=C\C/C=C\C/C=C\C/C=C\C/C=C\CCC(=O)OCC(COC(=O)CCCCCCCCC/C=C\C/C=C\CC)OC(=O)CCCCCCCCC/C=C\C/C=C\CCCCC. The molecule has 384 valence electrons. The van der Waals surface area contributed by atoms with E-state index in [1.165, 1.54) is 77.0 Å². The lowest BCUT2D eigenvalue weighted by molar-refractivity contribution is -0.166. The van der Waals surface area contributed by atoms with Gasteiger partial charge in [-0.1, -0.05) is 219 Å². The Bertz CT molecular complexity index is 1450. The number of hydrogen-bond acceptors (Lipinski definition) is 6. The van der Waals surface area contributed by atoms with Crippen LogP contribution in [0.1, 0.15) is 233 Å². The molecule has 6 heteroatoms. The molecule has 0 saturated carbocycles. The zero-order valence-corrected chi connectivity index (χ0v) is 43.8. The molecular formula is C62H100O6. The van der Waals surface area contributed by atoms with Crippen molar-refractivity contribution >= 4 is 17.9 Å². The van der Waals surface area contributed by atoms with Crippen molar-refractivity contribution in [1.29, 1.82) is 0 Å². The summed E-state index contributed by atoms with van der Waals surface area (Å²) in [4.78, 5) is 38.1. The third-order valence-corrected chi connectivity index (χ3v) is 11.2. The average Bonchev–Trinajstić information content (AvgIpc) is 3.34. The minimum absolute atomic E-state index is 0.112. The number of unbranched alkanes of at least 4 members (excludes halogenated alkanes) is 17. The van der Waals surface area contributed by atoms with Gasteiger partial charge in [0.05, 0.1) is 0 Å². The van der Waals surface area contributed by atoms with Gasteiger partial charge in [-0.05, 0) is 116 Å². The highest BCUT2D eigenvalue weighted by Crippen LogP contribution is 2.14. The van der Waals surface area contributed by atoms with Crippen molar-refractivity contribution in [3.05, 3.63) is 122 Å². The van der Waals surface area contributed by atoms with Crippen LogP contribution in [0.2, 0.25) is 0 Å². The van der Waals surface area contributed by atoms with E-state index in [9.17, 15) is 14.4 Å². The molecule has 0 radical (unpaired) electrons. The molecular weight excluding hydrogens is 841 g/mol. The third-order valence-electron chi connectivity index (χ3n) is 11.2. The molecule has 0 aliphatic rings. The van der Waals surface area contributed by atoms with Crippen LogP contribution in [-0.2, 0) is 28.6 Å². The Morgan fingerprint density at radius 2 is 0.603 bits per heavy atom. The van der Waals surface area contributed by atoms with Crippen LogP contribution in [0, 0.1) is 0 Å². The molecule has 0 saturated heterocycles. The summed E-state index contributed by atoms with van der Waals surface area (Å²) in [5.74, 6) is -1.02. The molecule has 68 heavy (non-hydrogen) atoms. The first kappa shape index (κ1) is 63.8. The van der Waals surface area contributed by atoms with Crippen LogP contribution in [0.4, 0.5) is 0 Å². The topological polar surface area (TPSA) is 78.9 Å². The van der Waals surface area contributed by atoms with Crippen LogP contribution < -0.4 is 0 Å². The lowest BCUT2D eigenvalue weighted by Gasteiger charge is -2.18. The van der Waals surface area contributed by atoms with Crippen molar-refractivity contribution < 1.29 is 28.6 Å². The monoisotopic (exact) mass is 941 g/mol. The molecule has 0 aliphatic carbocycles. The van der Waals surface area contributed by atoms with Crippen molar-refractivity contribution in [3.8, 4) is 0 Å². The van der Waals surface area contributed by atoms with Gasteiger partial charge in [0, 0.05) is 19.3 Å². The van der Waals surface area contributed by atoms with Gasteiger partial charge in [-0.15, -0.1) is 0 Å². The van der Waals surface area contributed by atoms with Crippen LogP contribution in [-0.4, -0.2) is 37.2 Å². The first-order valence-corrected chi connectivity index (χ1v) is 27.5. The molecule has 1 unspecified atom stereocenters. The van der Waals surface area contributed by atoms with Crippen molar-refractivity contribution in [1.82, 2.24) is 0 Å². The standard InChI is InChI=1S/C62H100O6/c1-4-7-10-13-16-19-22-25-28-30-31-33-34-37-40-43-46-49-52-55-61(64)67-58-59(57-66-60(63)54-51-48-45-42-39-36-27-24-21-18-15-12-9-6-3)68-62(65)56-53-50-47-44-41-38-35-32-29-26-23-20-17-14-11-8-5-2/h7,9-10,12,16-21,25-26,28-29,31,33,37,40,46,49,59H,4-6,8,11,13-15,22-24,27,30,32,34-36,38-39,41-45,47-48,50-58H2,1-3H3/b10-7-,12-9-,19-16-,20-17-,21-18-,28-25-,29-26-,33-31-,40-37-,49-46-. The van der Waals surface area contributed by atoms with Crippen LogP contribution in [0.25, 0.3) is 0 Å². The van der Waals surface area contributed by atoms with Gasteiger partial charge in [0.15, 0.2) is 6.10 Å². The quantitative estimate of drug-likeness (QED) is 0.0262. The molecule has 0 fully saturated rings. The normalized spacial score (nSPS) is 13.0. The van der Waals surface area contributed by atoms with Crippen LogP contribution in [0.3, 0.4) is 0 Å². The van der Waals surface area contributed by atoms with Crippen molar-refractivity contribution in [2.24, 2.45) is 0 Å². The van der Waals surface area contributed by atoms with E-state index < -0.39 is 6.10 Å². The molecule has 6 nitrogen and oxygen atoms in total. The molecule has 0 rings (SSSR count). The van der Waals surface area contributed by atoms with Gasteiger partial charge in [0.1, 0.15) is 13.2 Å². The molecule has 0 N–H and O–H groups in total. The number of ether oxygens (including phenoxy) is 3. The number of hydrogen-bond donors (Lipinski definition) is 0. The summed E-state index contributed by atoms with van der Waals surface area (Å²) in [6.45, 7) is 6.31. The fourth-order valence-corrected chi connectivity index (χ4v) is 7.12. The summed E-state index contributed by atoms with van der Waals surface area (Å²) in [5, 5.41) is 0. The summed E-state index contributed by atoms with van der Waals surface area (Å²) in [6.07, 6.45) is 76.2. The molecule has 0 bridgehead atoms. The highest BCUT2D eigenvalue weighted by atomic mass is 16.6. The van der Waals surface area contributed by atoms with E-state index in [0.29, 0.717) is 19.3 Å². The van der Waals surface area contributed by atoms with Crippen LogP contribution in [0.15, 0.2) is 122 Å². The number of allylic oxidation sites excluding steroid dienone is 20. The van der Waals surface area contributed by atoms with Gasteiger partial charge < -0.3 is 14.2 Å². The van der Waals surface area contributed by atoms with Gasteiger partial charge in [-0.25, -0.2) is 0 Å². The fraction of sp³-hybridized carbons (Fsp3) is 0.629. The third kappa shape index (κ3) is 52.8. The Balaban J connectivity index is 4.54. The number of carbonyl (C=O) groups excluding carboxylic acids is 3. The zero-order valence-electron chi connectivity index (χ0n) is 43.8. The molecule has 0 spiro atoms. The molecule has 0 heterocycles. The zero-order chi connectivity index (χ0) is 49.3. The summed E-state index contributed by atoms with van der Waals surface area (Å²) < 4.78 is 16.8. The lowest BCUT2D eigenvalue weighted by Crippen LogP contribution is -2.30. The molecule has 0 amide bonds. The summed E-state index contributed by atoms with van der Waals surface area (Å²) in [5.41, 5.74) is 0. The van der Waals surface area contributed by atoms with Gasteiger partial charge >= 0.3 is 17.9 Å². The number of carbonyl (C=O) groups is 3. The molecule has 0 aliphatic heterocycles. The average molecular weight is 941 g/mol. The van der Waals surface area contributed by atoms with Crippen molar-refractivity contribution in [3.63, 3.8) is 0 Å². The fourth-order valence-electron chi connectivity index (χ4n) is 7.12. The maximum atomic E-state index is 12.8. The maximum absolute atomic E-state index is 12.8. The number of esters is 3. The minimum atomic E-state index is -0.820. The van der Waals surface area contributed by atoms with Crippen molar-refractivity contribution in [2.45, 2.75) is 239 Å². The second-order valence-corrected chi connectivity index (χ2v) is 17.7. The first-order chi connectivity index (χ1) is 33.5. The van der Waals surface area contributed by atoms with E-state index in [4.69, 9.17) is 14.2 Å². The summed E-state index contributed by atoms with van der Waals surface area (Å²) in [6, 6.07) is 0. The number of rotatable bonds is 48. The van der Waals surface area contributed by atoms with Gasteiger partial charge in [-0.3, -0.25) is 14.4 Å². The first-order valence-electron chi connectivity index (χ1n) is 27.5. The highest BCUT2D eigenvalue weighted by molar-refractivity contribution is 5.71. The Kier molecular flexibility index (Phi) is 52.0. The molecule has 0 aromatic rings. The lowest BCUT2D eigenvalue weighted by atomic mass is 10.1. The van der Waals surface area contributed by atoms with Crippen molar-refractivity contribution in [2.75, 3.05) is 13.2 Å². The van der Waals surface area contributed by atoms with E-state index in [-0.39, 0.29) is 37.5 Å². The highest BCUT2D eigenvalue weighted by Gasteiger charge is 2.19. The van der Waals surface area contributed by atoms with Crippen LogP contribution in [0.5, 0.6) is 0 Å². The Morgan fingerprint density at radius 1 is 0.309 bits per heavy atom. The molecule has 1 atom stereocenters. The minimum Gasteiger partial charge on any atom is -0.462 e. The van der Waals surface area contributed by atoms with E-state index in [0.717, 1.165) is 109 Å². The van der Waals surface area contributed by atoms with E-state index >= 15 is 0 Å². The van der Waals surface area contributed by atoms with Gasteiger partial charge in [0.2, 0.25) is 0 Å². The smallest absolute Gasteiger partial charge is 0.306 e. The predicted octanol–water partition coefficient (Wildman–Crippen LogP) is 18.5. The largest absolute Gasteiger partial charge is 0.462 e.